The number of phosphoric ester groups is 2. The van der Waals surface area contributed by atoms with Crippen molar-refractivity contribution in [3.8, 4) is 0 Å². The van der Waals surface area contributed by atoms with Crippen LogP contribution >= 0.6 is 15.6 Å². The molecule has 0 aliphatic heterocycles. The molecule has 0 saturated heterocycles. The van der Waals surface area contributed by atoms with Crippen LogP contribution < -0.4 is 0 Å². The summed E-state index contributed by atoms with van der Waals surface area (Å²) >= 11 is 0. The van der Waals surface area contributed by atoms with Gasteiger partial charge in [-0.25, -0.2) is 9.13 Å². The first kappa shape index (κ1) is 103. The number of esters is 4. The van der Waals surface area contributed by atoms with Crippen LogP contribution in [0.5, 0.6) is 0 Å². The summed E-state index contributed by atoms with van der Waals surface area (Å²) in [5.74, 6) is -1.30. The lowest BCUT2D eigenvalue weighted by atomic mass is 9.99. The van der Waals surface area contributed by atoms with Crippen molar-refractivity contribution in [3.05, 3.63) is 0 Å². The quantitative estimate of drug-likeness (QED) is 0.0222. The van der Waals surface area contributed by atoms with Gasteiger partial charge in [-0.15, -0.1) is 0 Å². The zero-order valence-electron chi connectivity index (χ0n) is 68.9. The highest BCUT2D eigenvalue weighted by Crippen LogP contribution is 2.45. The first-order chi connectivity index (χ1) is 51.1. The van der Waals surface area contributed by atoms with Crippen LogP contribution in [-0.2, 0) is 65.4 Å². The van der Waals surface area contributed by atoms with Gasteiger partial charge >= 0.3 is 39.5 Å². The van der Waals surface area contributed by atoms with Crippen molar-refractivity contribution in [2.75, 3.05) is 39.6 Å². The Morgan fingerprint density at radius 1 is 0.267 bits per heavy atom. The third-order valence-corrected chi connectivity index (χ3v) is 22.5. The molecule has 0 aromatic carbocycles. The Hall–Kier alpha value is -1.94. The van der Waals surface area contributed by atoms with Gasteiger partial charge in [-0.2, -0.15) is 0 Å². The number of unbranched alkanes of at least 4 members (excludes halogenated alkanes) is 57. The van der Waals surface area contributed by atoms with E-state index in [-0.39, 0.29) is 25.7 Å². The first-order valence-electron chi connectivity index (χ1n) is 44.7. The Kier molecular flexibility index (Phi) is 77.3. The van der Waals surface area contributed by atoms with Gasteiger partial charge in [0.2, 0.25) is 0 Å². The average Bonchev–Trinajstić information content (AvgIpc) is 0.952. The van der Waals surface area contributed by atoms with Crippen LogP contribution in [0.4, 0.5) is 0 Å². The predicted octanol–water partition coefficient (Wildman–Crippen LogP) is 26.4. The van der Waals surface area contributed by atoms with Crippen molar-refractivity contribution in [1.29, 1.82) is 0 Å². The number of phosphoric acid groups is 2. The van der Waals surface area contributed by atoms with Crippen molar-refractivity contribution in [3.63, 3.8) is 0 Å². The largest absolute Gasteiger partial charge is 0.472 e. The maximum absolute atomic E-state index is 13.1. The molecule has 3 unspecified atom stereocenters. The van der Waals surface area contributed by atoms with E-state index in [0.29, 0.717) is 25.7 Å². The predicted molar refractivity (Wildman–Crippen MR) is 432 cm³/mol. The maximum atomic E-state index is 13.1. The van der Waals surface area contributed by atoms with Crippen LogP contribution in [0.25, 0.3) is 0 Å². The molecule has 0 radical (unpaired) electrons. The first-order valence-corrected chi connectivity index (χ1v) is 47.7. The Bertz CT molecular complexity index is 2000. The van der Waals surface area contributed by atoms with E-state index in [0.717, 1.165) is 95.8 Å². The van der Waals surface area contributed by atoms with Gasteiger partial charge < -0.3 is 33.8 Å². The van der Waals surface area contributed by atoms with Gasteiger partial charge in [0.15, 0.2) is 12.2 Å². The Morgan fingerprint density at radius 2 is 0.457 bits per heavy atom. The topological polar surface area (TPSA) is 237 Å². The van der Waals surface area contributed by atoms with E-state index in [1.165, 1.54) is 289 Å². The van der Waals surface area contributed by atoms with E-state index in [9.17, 15) is 43.2 Å². The number of rotatable bonds is 86. The van der Waals surface area contributed by atoms with Gasteiger partial charge in [-0.3, -0.25) is 37.3 Å². The molecule has 19 heteroatoms. The third-order valence-electron chi connectivity index (χ3n) is 20.6. The van der Waals surface area contributed by atoms with E-state index < -0.39 is 97.5 Å². The smallest absolute Gasteiger partial charge is 0.462 e. The molecule has 0 rings (SSSR count). The summed E-state index contributed by atoms with van der Waals surface area (Å²) in [5, 5.41) is 10.7. The van der Waals surface area contributed by atoms with E-state index in [1.54, 1.807) is 0 Å². The van der Waals surface area contributed by atoms with Gasteiger partial charge in [0.05, 0.1) is 26.4 Å². The van der Waals surface area contributed by atoms with E-state index in [2.05, 4.69) is 34.6 Å². The fourth-order valence-corrected chi connectivity index (χ4v) is 15.0. The number of aliphatic hydroxyl groups is 1. The second kappa shape index (κ2) is 78.7. The summed E-state index contributed by atoms with van der Waals surface area (Å²) < 4.78 is 68.9. The molecule has 0 amide bonds. The van der Waals surface area contributed by atoms with E-state index in [1.807, 2.05) is 0 Å². The van der Waals surface area contributed by atoms with Crippen LogP contribution in [0.3, 0.4) is 0 Å². The van der Waals surface area contributed by atoms with Crippen molar-refractivity contribution >= 4 is 39.5 Å². The summed E-state index contributed by atoms with van der Waals surface area (Å²) in [7, 11) is -9.92. The summed E-state index contributed by atoms with van der Waals surface area (Å²) in [5.41, 5.74) is 0. The molecular weight excluding hydrogens is 1370 g/mol. The molecule has 0 saturated carbocycles. The maximum Gasteiger partial charge on any atom is 0.472 e. The minimum absolute atomic E-state index is 0.107. The lowest BCUT2D eigenvalue weighted by Crippen LogP contribution is -2.30. The molecule has 0 heterocycles. The van der Waals surface area contributed by atoms with Gasteiger partial charge in [-0.1, -0.05) is 413 Å². The standard InChI is InChI=1S/C86H168O17P2/c1-6-10-13-16-19-22-25-27-29-31-33-34-35-37-39-41-43-45-51-56-61-66-71-85(90)102-82(76-97-84(89)70-65-60-55-50-44-42-40-38-36-32-30-28-26-23-20-17-14-11-7-2)78-101-105(94,95)99-74-80(87)73-98-104(92,93)100-77-81(75-96-83(88)69-64-59-54-49-24-21-18-15-12-8-3)103-86(91)72-67-62-57-52-47-46-48-53-58-63-68-79(5)9-4/h79-82,87H,6-78H2,1-5H3,(H,92,93)(H,94,95)/t79?,80-,81+,82+/m0/s1. The minimum Gasteiger partial charge on any atom is -0.462 e. The molecule has 0 aromatic rings. The highest BCUT2D eigenvalue weighted by atomic mass is 31.2. The molecular formula is C86H168O17P2. The lowest BCUT2D eigenvalue weighted by Gasteiger charge is -2.21. The third kappa shape index (κ3) is 78.5. The Balaban J connectivity index is 5.21. The van der Waals surface area contributed by atoms with Crippen molar-refractivity contribution in [2.45, 2.75) is 483 Å². The molecule has 0 aliphatic rings. The van der Waals surface area contributed by atoms with Crippen molar-refractivity contribution < 1.29 is 80.2 Å². The Labute approximate surface area is 645 Å². The molecule has 0 bridgehead atoms. The number of hydrogen-bond donors (Lipinski definition) is 3. The summed E-state index contributed by atoms with van der Waals surface area (Å²) in [6, 6.07) is 0. The van der Waals surface area contributed by atoms with Crippen molar-refractivity contribution in [1.82, 2.24) is 0 Å². The summed E-state index contributed by atoms with van der Waals surface area (Å²) in [4.78, 5) is 73.2. The number of hydrogen-bond acceptors (Lipinski definition) is 15. The molecule has 624 valence electrons. The zero-order chi connectivity index (χ0) is 76.9. The van der Waals surface area contributed by atoms with Gasteiger partial charge in [0, 0.05) is 25.7 Å². The highest BCUT2D eigenvalue weighted by molar-refractivity contribution is 7.47. The molecule has 0 aliphatic carbocycles. The van der Waals surface area contributed by atoms with Gasteiger partial charge in [-0.05, 0) is 31.6 Å². The fourth-order valence-electron chi connectivity index (χ4n) is 13.4. The van der Waals surface area contributed by atoms with E-state index >= 15 is 0 Å². The highest BCUT2D eigenvalue weighted by Gasteiger charge is 2.30. The SMILES string of the molecule is CCCCCCCCCCCCCCCCCCCCCCCCC(=O)O[C@H](COC(=O)CCCCCCCCCCCCCCCCCCCCC)COP(=O)(O)OC[C@@H](O)COP(=O)(O)OC[C@@H](COC(=O)CCCCCCCCCCCC)OC(=O)CCCCCCCCCCCCC(C)CC. The lowest BCUT2D eigenvalue weighted by molar-refractivity contribution is -0.161. The van der Waals surface area contributed by atoms with Crippen LogP contribution in [-0.4, -0.2) is 96.7 Å². The van der Waals surface area contributed by atoms with Crippen LogP contribution in [0.1, 0.15) is 465 Å². The van der Waals surface area contributed by atoms with E-state index in [4.69, 9.17) is 37.0 Å². The second-order valence-electron chi connectivity index (χ2n) is 31.2. The number of aliphatic hydroxyl groups excluding tert-OH is 1. The van der Waals surface area contributed by atoms with Crippen molar-refractivity contribution in [2.24, 2.45) is 5.92 Å². The Morgan fingerprint density at radius 3 is 0.676 bits per heavy atom. The summed E-state index contributed by atoms with van der Waals surface area (Å²) in [6.07, 6.45) is 72.3. The fraction of sp³-hybridized carbons (Fsp3) is 0.953. The van der Waals surface area contributed by atoms with Crippen LogP contribution in [0.15, 0.2) is 0 Å². The molecule has 105 heavy (non-hydrogen) atoms. The zero-order valence-corrected chi connectivity index (χ0v) is 70.7. The molecule has 17 nitrogen and oxygen atoms in total. The molecule has 3 N–H and O–H groups in total. The van der Waals surface area contributed by atoms with Crippen LogP contribution in [0, 0.1) is 5.92 Å². The number of carbonyl (C=O) groups is 4. The molecule has 0 spiro atoms. The molecule has 0 aromatic heterocycles. The van der Waals surface area contributed by atoms with Gasteiger partial charge in [0.25, 0.3) is 0 Å². The van der Waals surface area contributed by atoms with Crippen LogP contribution in [0.2, 0.25) is 0 Å². The number of ether oxygens (including phenoxy) is 4. The number of carbonyl (C=O) groups excluding carboxylic acids is 4. The summed E-state index contributed by atoms with van der Waals surface area (Å²) in [6.45, 7) is 7.37. The average molecular weight is 1540 g/mol. The molecule has 0 fully saturated rings. The second-order valence-corrected chi connectivity index (χ2v) is 34.1. The normalized spacial score (nSPS) is 14.0. The van der Waals surface area contributed by atoms with Gasteiger partial charge in [0.1, 0.15) is 19.3 Å². The molecule has 6 atom stereocenters. The minimum atomic E-state index is -4.97. The monoisotopic (exact) mass is 1540 g/mol.